The SMILES string of the molecule is COc1ccccc1CNC(=O)[C@@]1(C)COc2c(oc3ccccc23)C(=O)N1Cc1ccccc1F. The Bertz CT molecular complexity index is 1450. The molecule has 2 amide bonds. The Morgan fingerprint density at radius 3 is 2.53 bits per heavy atom. The molecular formula is C28H25FN2O5. The smallest absolute Gasteiger partial charge is 0.294 e. The molecule has 184 valence electrons. The monoisotopic (exact) mass is 488 g/mol. The maximum Gasteiger partial charge on any atom is 0.294 e. The van der Waals surface area contributed by atoms with E-state index in [1.54, 1.807) is 56.5 Å². The number of fused-ring (bicyclic) bond motifs is 3. The number of methoxy groups -OCH3 is 1. The number of para-hydroxylation sites is 2. The number of halogens is 1. The van der Waals surface area contributed by atoms with Gasteiger partial charge in [-0.2, -0.15) is 0 Å². The third-order valence-corrected chi connectivity index (χ3v) is 6.49. The van der Waals surface area contributed by atoms with Crippen molar-refractivity contribution in [2.24, 2.45) is 0 Å². The fourth-order valence-corrected chi connectivity index (χ4v) is 4.39. The highest BCUT2D eigenvalue weighted by Gasteiger charge is 2.48. The van der Waals surface area contributed by atoms with Crippen LogP contribution >= 0.6 is 0 Å². The van der Waals surface area contributed by atoms with E-state index in [1.165, 1.54) is 11.0 Å². The third-order valence-electron chi connectivity index (χ3n) is 6.49. The van der Waals surface area contributed by atoms with Crippen LogP contribution < -0.4 is 14.8 Å². The summed E-state index contributed by atoms with van der Waals surface area (Å²) in [7, 11) is 1.56. The first kappa shape index (κ1) is 23.4. The summed E-state index contributed by atoms with van der Waals surface area (Å²) < 4.78 is 31.9. The van der Waals surface area contributed by atoms with Gasteiger partial charge in [-0.25, -0.2) is 4.39 Å². The van der Waals surface area contributed by atoms with E-state index in [-0.39, 0.29) is 36.8 Å². The molecule has 1 aromatic heterocycles. The van der Waals surface area contributed by atoms with Crippen molar-refractivity contribution in [1.82, 2.24) is 10.2 Å². The standard InChI is InChI=1S/C28H25FN2O5/c1-28(27(33)30-15-18-9-4-7-13-22(18)34-2)17-35-24-20-11-5-8-14-23(20)36-25(24)26(32)31(28)16-19-10-3-6-12-21(19)29/h3-14H,15-17H2,1-2H3,(H,30,33)/t28-/m1/s1. The highest BCUT2D eigenvalue weighted by molar-refractivity contribution is 6.04. The van der Waals surface area contributed by atoms with E-state index in [2.05, 4.69) is 5.32 Å². The van der Waals surface area contributed by atoms with Gasteiger partial charge in [0.2, 0.25) is 11.7 Å². The lowest BCUT2D eigenvalue weighted by Gasteiger charge is -2.37. The summed E-state index contributed by atoms with van der Waals surface area (Å²) >= 11 is 0. The molecule has 36 heavy (non-hydrogen) atoms. The Morgan fingerprint density at radius 1 is 1.06 bits per heavy atom. The molecule has 1 aliphatic rings. The lowest BCUT2D eigenvalue weighted by Crippen LogP contribution is -2.60. The maximum atomic E-state index is 14.6. The van der Waals surface area contributed by atoms with Crippen molar-refractivity contribution in [2.75, 3.05) is 13.7 Å². The Labute approximate surface area is 207 Å². The largest absolute Gasteiger partial charge is 0.496 e. The molecule has 3 aromatic carbocycles. The van der Waals surface area contributed by atoms with Gasteiger partial charge >= 0.3 is 0 Å². The van der Waals surface area contributed by atoms with Gasteiger partial charge in [-0.15, -0.1) is 0 Å². The normalized spacial score (nSPS) is 17.3. The average molecular weight is 489 g/mol. The zero-order chi connectivity index (χ0) is 25.3. The molecule has 0 unspecified atom stereocenters. The van der Waals surface area contributed by atoms with Gasteiger partial charge in [0.25, 0.3) is 5.91 Å². The first-order valence-electron chi connectivity index (χ1n) is 11.5. The van der Waals surface area contributed by atoms with Crippen LogP contribution in [0.5, 0.6) is 11.5 Å². The third kappa shape index (κ3) is 4.04. The molecule has 0 radical (unpaired) electrons. The van der Waals surface area contributed by atoms with Crippen LogP contribution in [-0.4, -0.2) is 36.0 Å². The summed E-state index contributed by atoms with van der Waals surface area (Å²) in [6.45, 7) is 1.48. The molecule has 5 rings (SSSR count). The van der Waals surface area contributed by atoms with Crippen molar-refractivity contribution in [3.8, 4) is 11.5 Å². The van der Waals surface area contributed by atoms with Crippen LogP contribution in [-0.2, 0) is 17.9 Å². The number of carbonyl (C=O) groups is 2. The molecule has 0 saturated carbocycles. The minimum atomic E-state index is -1.47. The lowest BCUT2D eigenvalue weighted by molar-refractivity contribution is -0.133. The summed E-state index contributed by atoms with van der Waals surface area (Å²) in [5, 5.41) is 3.53. The molecular weight excluding hydrogens is 463 g/mol. The van der Waals surface area contributed by atoms with E-state index >= 15 is 0 Å². The predicted molar refractivity (Wildman–Crippen MR) is 131 cm³/mol. The molecule has 1 atom stereocenters. The van der Waals surface area contributed by atoms with Crippen molar-refractivity contribution in [2.45, 2.75) is 25.6 Å². The first-order valence-corrected chi connectivity index (χ1v) is 11.5. The summed E-state index contributed by atoms with van der Waals surface area (Å²) in [6.07, 6.45) is 0. The highest BCUT2D eigenvalue weighted by atomic mass is 19.1. The van der Waals surface area contributed by atoms with Gasteiger partial charge in [0.05, 0.1) is 19.0 Å². The molecule has 4 aromatic rings. The molecule has 7 nitrogen and oxygen atoms in total. The van der Waals surface area contributed by atoms with Gasteiger partial charge in [-0.05, 0) is 31.2 Å². The van der Waals surface area contributed by atoms with E-state index in [1.807, 2.05) is 24.3 Å². The van der Waals surface area contributed by atoms with E-state index in [4.69, 9.17) is 13.9 Å². The number of hydrogen-bond acceptors (Lipinski definition) is 5. The molecule has 0 aliphatic carbocycles. The zero-order valence-corrected chi connectivity index (χ0v) is 19.9. The van der Waals surface area contributed by atoms with Crippen LogP contribution in [0.15, 0.2) is 77.2 Å². The van der Waals surface area contributed by atoms with Crippen LogP contribution in [0, 0.1) is 5.82 Å². The van der Waals surface area contributed by atoms with Crippen LogP contribution in [0.25, 0.3) is 11.0 Å². The van der Waals surface area contributed by atoms with Crippen molar-refractivity contribution in [1.29, 1.82) is 0 Å². The molecule has 2 heterocycles. The lowest BCUT2D eigenvalue weighted by atomic mass is 9.97. The summed E-state index contributed by atoms with van der Waals surface area (Å²) in [5.74, 6) is -0.601. The molecule has 8 heteroatoms. The van der Waals surface area contributed by atoms with Crippen molar-refractivity contribution >= 4 is 22.8 Å². The molecule has 0 spiro atoms. The van der Waals surface area contributed by atoms with Gasteiger partial charge < -0.3 is 24.1 Å². The van der Waals surface area contributed by atoms with E-state index < -0.39 is 23.2 Å². The maximum absolute atomic E-state index is 14.6. The van der Waals surface area contributed by atoms with Gasteiger partial charge in [0.1, 0.15) is 23.8 Å². The van der Waals surface area contributed by atoms with E-state index in [0.29, 0.717) is 16.7 Å². The van der Waals surface area contributed by atoms with Crippen LogP contribution in [0.4, 0.5) is 4.39 Å². The Balaban J connectivity index is 1.52. The number of rotatable bonds is 6. The fourth-order valence-electron chi connectivity index (χ4n) is 4.39. The number of carbonyl (C=O) groups excluding carboxylic acids is 2. The topological polar surface area (TPSA) is 81.0 Å². The van der Waals surface area contributed by atoms with E-state index in [9.17, 15) is 14.0 Å². The van der Waals surface area contributed by atoms with Gasteiger partial charge in [0.15, 0.2) is 11.3 Å². The molecule has 0 fully saturated rings. The summed E-state index contributed by atoms with van der Waals surface area (Å²) in [4.78, 5) is 28.8. The minimum Gasteiger partial charge on any atom is -0.496 e. The Hall–Kier alpha value is -4.33. The number of furan rings is 1. The second-order valence-corrected chi connectivity index (χ2v) is 8.80. The molecule has 1 aliphatic heterocycles. The second-order valence-electron chi connectivity index (χ2n) is 8.80. The zero-order valence-electron chi connectivity index (χ0n) is 19.9. The van der Waals surface area contributed by atoms with Crippen molar-refractivity contribution in [3.63, 3.8) is 0 Å². The molecule has 0 bridgehead atoms. The van der Waals surface area contributed by atoms with Gasteiger partial charge in [-0.3, -0.25) is 9.59 Å². The fraction of sp³-hybridized carbons (Fsp3) is 0.214. The Kier molecular flexibility index (Phi) is 6.10. The summed E-state index contributed by atoms with van der Waals surface area (Å²) in [5.41, 5.74) is 0.0701. The van der Waals surface area contributed by atoms with Gasteiger partial charge in [-0.1, -0.05) is 48.5 Å². The highest BCUT2D eigenvalue weighted by Crippen LogP contribution is 2.39. The Morgan fingerprint density at radius 2 is 1.75 bits per heavy atom. The van der Waals surface area contributed by atoms with Crippen LogP contribution in [0.3, 0.4) is 0 Å². The van der Waals surface area contributed by atoms with Crippen LogP contribution in [0.2, 0.25) is 0 Å². The van der Waals surface area contributed by atoms with E-state index in [0.717, 1.165) is 5.56 Å². The number of nitrogens with one attached hydrogen (secondary N) is 1. The number of amides is 2. The van der Waals surface area contributed by atoms with Gasteiger partial charge in [0, 0.05) is 17.7 Å². The number of nitrogens with zero attached hydrogens (tertiary/aromatic N) is 1. The first-order chi connectivity index (χ1) is 17.4. The number of ether oxygens (including phenoxy) is 2. The number of benzene rings is 3. The van der Waals surface area contributed by atoms with Crippen molar-refractivity contribution < 1.29 is 27.9 Å². The second kappa shape index (κ2) is 9.37. The number of hydrogen-bond donors (Lipinski definition) is 1. The quantitative estimate of drug-likeness (QED) is 0.426. The average Bonchev–Trinajstić information content (AvgIpc) is 3.24. The minimum absolute atomic E-state index is 0.0196. The summed E-state index contributed by atoms with van der Waals surface area (Å²) in [6, 6.07) is 20.6. The molecule has 0 saturated heterocycles. The predicted octanol–water partition coefficient (Wildman–Crippen LogP) is 4.69. The van der Waals surface area contributed by atoms with Crippen LogP contribution in [0.1, 0.15) is 28.6 Å². The van der Waals surface area contributed by atoms with Crippen molar-refractivity contribution in [3.05, 3.63) is 95.5 Å². The molecule has 1 N–H and O–H groups in total.